The van der Waals surface area contributed by atoms with Crippen LogP contribution >= 0.6 is 11.3 Å². The first-order valence-electron chi connectivity index (χ1n) is 5.64. The minimum absolute atomic E-state index is 0.199. The number of thiazole rings is 1. The van der Waals surface area contributed by atoms with Crippen LogP contribution in [0.25, 0.3) is 0 Å². The number of urea groups is 1. The normalized spacial score (nSPS) is 12.2. The van der Waals surface area contributed by atoms with E-state index in [0.717, 1.165) is 5.01 Å². The summed E-state index contributed by atoms with van der Waals surface area (Å²) >= 11 is 1.43. The lowest BCUT2D eigenvalue weighted by Gasteiger charge is -2.16. The van der Waals surface area contributed by atoms with Crippen molar-refractivity contribution in [3.63, 3.8) is 0 Å². The van der Waals surface area contributed by atoms with Crippen LogP contribution < -0.4 is 10.6 Å². The highest BCUT2D eigenvalue weighted by Crippen LogP contribution is 2.05. The van der Waals surface area contributed by atoms with Gasteiger partial charge in [0.1, 0.15) is 11.0 Å². The highest BCUT2D eigenvalue weighted by Gasteiger charge is 2.20. The van der Waals surface area contributed by atoms with E-state index in [9.17, 15) is 9.59 Å². The molecule has 0 spiro atoms. The molecular weight excluding hydrogens is 254 g/mol. The third-order valence-electron chi connectivity index (χ3n) is 2.19. The lowest BCUT2D eigenvalue weighted by Crippen LogP contribution is -2.46. The number of nitrogens with one attached hydrogen (secondary N) is 2. The standard InChI is InChI=1S/C11H17N3O3S/c1-7(2)5-8(10(15)16)14-11(17)13-6-9-12-3-4-18-9/h3-4,7-8H,5-6H2,1-2H3,(H,15,16)(H2,13,14,17)/t8-/m1/s1. The van der Waals surface area contributed by atoms with E-state index in [1.165, 1.54) is 11.3 Å². The summed E-state index contributed by atoms with van der Waals surface area (Å²) in [6.45, 7) is 4.12. The zero-order valence-corrected chi connectivity index (χ0v) is 11.2. The maximum Gasteiger partial charge on any atom is 0.326 e. The molecule has 18 heavy (non-hydrogen) atoms. The summed E-state index contributed by atoms with van der Waals surface area (Å²) in [6, 6.07) is -1.35. The Kier molecular flexibility index (Phi) is 5.57. The van der Waals surface area contributed by atoms with Crippen LogP contribution in [0.1, 0.15) is 25.3 Å². The monoisotopic (exact) mass is 271 g/mol. The molecule has 0 saturated heterocycles. The van der Waals surface area contributed by atoms with Gasteiger partial charge in [0, 0.05) is 11.6 Å². The Morgan fingerprint density at radius 1 is 1.50 bits per heavy atom. The average molecular weight is 271 g/mol. The molecule has 1 atom stereocenters. The van der Waals surface area contributed by atoms with Crippen LogP contribution in [0.15, 0.2) is 11.6 Å². The highest BCUT2D eigenvalue weighted by atomic mass is 32.1. The molecule has 0 aliphatic rings. The topological polar surface area (TPSA) is 91.3 Å². The number of carboxylic acid groups (broad SMARTS) is 1. The molecule has 0 bridgehead atoms. The second-order valence-corrected chi connectivity index (χ2v) is 5.25. The molecule has 0 aliphatic heterocycles. The molecule has 0 fully saturated rings. The van der Waals surface area contributed by atoms with Crippen molar-refractivity contribution < 1.29 is 14.7 Å². The number of aliphatic carboxylic acids is 1. The van der Waals surface area contributed by atoms with E-state index in [1.807, 2.05) is 19.2 Å². The number of amides is 2. The maximum atomic E-state index is 11.5. The number of rotatable bonds is 6. The molecule has 6 nitrogen and oxygen atoms in total. The quantitative estimate of drug-likeness (QED) is 0.730. The Bertz CT molecular complexity index is 392. The summed E-state index contributed by atoms with van der Waals surface area (Å²) < 4.78 is 0. The van der Waals surface area contributed by atoms with Gasteiger partial charge in [-0.3, -0.25) is 0 Å². The molecule has 1 aromatic heterocycles. The van der Waals surface area contributed by atoms with Crippen LogP contribution in [0, 0.1) is 5.92 Å². The lowest BCUT2D eigenvalue weighted by atomic mass is 10.0. The summed E-state index contributed by atoms with van der Waals surface area (Å²) in [5, 5.41) is 16.6. The van der Waals surface area contributed by atoms with Crippen molar-refractivity contribution in [2.45, 2.75) is 32.9 Å². The Morgan fingerprint density at radius 3 is 2.72 bits per heavy atom. The first-order valence-corrected chi connectivity index (χ1v) is 6.52. The number of hydrogen-bond donors (Lipinski definition) is 3. The Labute approximate surface area is 109 Å². The first kappa shape index (κ1) is 14.4. The average Bonchev–Trinajstić information content (AvgIpc) is 2.77. The molecule has 0 unspecified atom stereocenters. The number of carbonyl (C=O) groups excluding carboxylic acids is 1. The summed E-state index contributed by atoms with van der Waals surface area (Å²) in [6.07, 6.45) is 2.05. The number of aromatic nitrogens is 1. The molecule has 0 aromatic carbocycles. The molecule has 0 aliphatic carbocycles. The van der Waals surface area contributed by atoms with Crippen LogP contribution in [0.2, 0.25) is 0 Å². The van der Waals surface area contributed by atoms with Crippen molar-refractivity contribution in [2.24, 2.45) is 5.92 Å². The predicted octanol–water partition coefficient (Wildman–Crippen LogP) is 1.44. The van der Waals surface area contributed by atoms with Gasteiger partial charge in [-0.15, -0.1) is 11.3 Å². The van der Waals surface area contributed by atoms with E-state index in [2.05, 4.69) is 15.6 Å². The molecular formula is C11H17N3O3S. The minimum Gasteiger partial charge on any atom is -0.480 e. The van der Waals surface area contributed by atoms with Gasteiger partial charge >= 0.3 is 12.0 Å². The van der Waals surface area contributed by atoms with E-state index in [1.54, 1.807) is 6.20 Å². The maximum absolute atomic E-state index is 11.5. The SMILES string of the molecule is CC(C)C[C@@H](NC(=O)NCc1nccs1)C(=O)O. The fourth-order valence-corrected chi connectivity index (χ4v) is 1.95. The number of carboxylic acids is 1. The molecule has 3 N–H and O–H groups in total. The van der Waals surface area contributed by atoms with Gasteiger partial charge in [0.2, 0.25) is 0 Å². The molecule has 1 rings (SSSR count). The summed E-state index contributed by atoms with van der Waals surface area (Å²) in [5.41, 5.74) is 0. The molecule has 7 heteroatoms. The van der Waals surface area contributed by atoms with Gasteiger partial charge in [0.25, 0.3) is 0 Å². The van der Waals surface area contributed by atoms with E-state index in [4.69, 9.17) is 5.11 Å². The minimum atomic E-state index is -1.02. The van der Waals surface area contributed by atoms with E-state index in [-0.39, 0.29) is 5.92 Å². The Balaban J connectivity index is 2.39. The van der Waals surface area contributed by atoms with Crippen molar-refractivity contribution in [1.29, 1.82) is 0 Å². The fraction of sp³-hybridized carbons (Fsp3) is 0.545. The summed E-state index contributed by atoms with van der Waals surface area (Å²) in [5.74, 6) is -0.821. The van der Waals surface area contributed by atoms with Gasteiger partial charge < -0.3 is 15.7 Å². The van der Waals surface area contributed by atoms with E-state index in [0.29, 0.717) is 13.0 Å². The van der Waals surface area contributed by atoms with Crippen molar-refractivity contribution in [1.82, 2.24) is 15.6 Å². The molecule has 1 heterocycles. The number of carbonyl (C=O) groups is 2. The predicted molar refractivity (Wildman–Crippen MR) is 68.4 cm³/mol. The van der Waals surface area contributed by atoms with Crippen LogP contribution in [0.3, 0.4) is 0 Å². The van der Waals surface area contributed by atoms with Crippen LogP contribution in [-0.2, 0) is 11.3 Å². The molecule has 2 amide bonds. The largest absolute Gasteiger partial charge is 0.480 e. The smallest absolute Gasteiger partial charge is 0.326 e. The van der Waals surface area contributed by atoms with Crippen molar-refractivity contribution >= 4 is 23.3 Å². The van der Waals surface area contributed by atoms with Gasteiger partial charge in [-0.05, 0) is 12.3 Å². The van der Waals surface area contributed by atoms with E-state index < -0.39 is 18.0 Å². The Morgan fingerprint density at radius 2 is 2.22 bits per heavy atom. The second kappa shape index (κ2) is 6.95. The summed E-state index contributed by atoms with van der Waals surface area (Å²) in [4.78, 5) is 26.5. The number of nitrogens with zero attached hydrogens (tertiary/aromatic N) is 1. The van der Waals surface area contributed by atoms with E-state index >= 15 is 0 Å². The van der Waals surface area contributed by atoms with Crippen molar-refractivity contribution in [3.05, 3.63) is 16.6 Å². The lowest BCUT2D eigenvalue weighted by molar-refractivity contribution is -0.139. The highest BCUT2D eigenvalue weighted by molar-refractivity contribution is 7.09. The van der Waals surface area contributed by atoms with Crippen LogP contribution in [0.4, 0.5) is 4.79 Å². The van der Waals surface area contributed by atoms with Crippen LogP contribution in [0.5, 0.6) is 0 Å². The summed E-state index contributed by atoms with van der Waals surface area (Å²) in [7, 11) is 0. The van der Waals surface area contributed by atoms with Gasteiger partial charge in [-0.1, -0.05) is 13.8 Å². The number of hydrogen-bond acceptors (Lipinski definition) is 4. The van der Waals surface area contributed by atoms with Gasteiger partial charge in [0.15, 0.2) is 0 Å². The van der Waals surface area contributed by atoms with Crippen molar-refractivity contribution in [3.8, 4) is 0 Å². The molecule has 0 radical (unpaired) electrons. The fourth-order valence-electron chi connectivity index (χ4n) is 1.40. The first-order chi connectivity index (χ1) is 8.49. The van der Waals surface area contributed by atoms with Gasteiger partial charge in [0.05, 0.1) is 6.54 Å². The molecule has 0 saturated carbocycles. The zero-order chi connectivity index (χ0) is 13.5. The van der Waals surface area contributed by atoms with Crippen molar-refractivity contribution in [2.75, 3.05) is 0 Å². The zero-order valence-electron chi connectivity index (χ0n) is 10.3. The van der Waals surface area contributed by atoms with Gasteiger partial charge in [-0.2, -0.15) is 0 Å². The Hall–Kier alpha value is -1.63. The van der Waals surface area contributed by atoms with Gasteiger partial charge in [-0.25, -0.2) is 14.6 Å². The molecule has 100 valence electrons. The molecule has 1 aromatic rings. The third kappa shape index (κ3) is 5.13. The third-order valence-corrected chi connectivity index (χ3v) is 2.97. The van der Waals surface area contributed by atoms with Crippen LogP contribution in [-0.4, -0.2) is 28.1 Å². The second-order valence-electron chi connectivity index (χ2n) is 4.27.